The van der Waals surface area contributed by atoms with Crippen LogP contribution in [0.15, 0.2) is 6.20 Å². The van der Waals surface area contributed by atoms with Crippen LogP contribution in [-0.2, 0) is 5.41 Å². The fraction of sp³-hybridized carbons (Fsp3) is 0.625. The molecule has 0 unspecified atom stereocenters. The predicted octanol–water partition coefficient (Wildman–Crippen LogP) is 1.48. The molecule has 0 aliphatic carbocycles. The van der Waals surface area contributed by atoms with Crippen molar-refractivity contribution >= 4 is 0 Å². The summed E-state index contributed by atoms with van der Waals surface area (Å²) in [7, 11) is 0. The van der Waals surface area contributed by atoms with Crippen molar-refractivity contribution in [2.75, 3.05) is 0 Å². The number of aryl methyl sites for hydroxylation is 1. The van der Waals surface area contributed by atoms with Gasteiger partial charge in [0.1, 0.15) is 0 Å². The summed E-state index contributed by atoms with van der Waals surface area (Å²) < 4.78 is 0. The third kappa shape index (κ3) is 1.97. The third-order valence-electron chi connectivity index (χ3n) is 1.35. The van der Waals surface area contributed by atoms with E-state index >= 15 is 0 Å². The lowest BCUT2D eigenvalue weighted by molar-refractivity contribution is 0.531. The maximum atomic E-state index is 4.18. The van der Waals surface area contributed by atoms with E-state index in [2.05, 4.69) is 36.0 Å². The molecule has 60 valence electrons. The number of hydrogen-bond acceptors (Lipinski definition) is 3. The smallest absolute Gasteiger partial charge is 0.156 e. The van der Waals surface area contributed by atoms with E-state index in [-0.39, 0.29) is 5.41 Å². The number of nitrogens with zero attached hydrogens (tertiary/aromatic N) is 3. The molecule has 0 N–H and O–H groups in total. The van der Waals surface area contributed by atoms with Crippen molar-refractivity contribution < 1.29 is 0 Å². The van der Waals surface area contributed by atoms with E-state index < -0.39 is 0 Å². The van der Waals surface area contributed by atoms with Crippen LogP contribution in [0.3, 0.4) is 0 Å². The lowest BCUT2D eigenvalue weighted by Crippen LogP contribution is -2.16. The quantitative estimate of drug-likeness (QED) is 0.563. The molecular weight excluding hydrogens is 138 g/mol. The Morgan fingerprint density at radius 1 is 1.18 bits per heavy atom. The first-order chi connectivity index (χ1) is 5.00. The van der Waals surface area contributed by atoms with Gasteiger partial charge in [-0.05, 0) is 6.92 Å². The Hall–Kier alpha value is -0.990. The summed E-state index contributed by atoms with van der Waals surface area (Å²) in [5.41, 5.74) is 0.860. The first-order valence-electron chi connectivity index (χ1n) is 3.67. The van der Waals surface area contributed by atoms with Crippen molar-refractivity contribution in [3.8, 4) is 0 Å². The second kappa shape index (κ2) is 2.57. The summed E-state index contributed by atoms with van der Waals surface area (Å²) in [6.07, 6.45) is 1.74. The van der Waals surface area contributed by atoms with Crippen LogP contribution in [-0.4, -0.2) is 15.2 Å². The van der Waals surface area contributed by atoms with Crippen LogP contribution in [0.4, 0.5) is 0 Å². The monoisotopic (exact) mass is 151 g/mol. The molecule has 0 amide bonds. The molecule has 3 heteroatoms. The van der Waals surface area contributed by atoms with Crippen molar-refractivity contribution in [2.45, 2.75) is 33.1 Å². The molecule has 1 aromatic heterocycles. The van der Waals surface area contributed by atoms with Gasteiger partial charge in [-0.1, -0.05) is 20.8 Å². The minimum atomic E-state index is 0.000694. The fourth-order valence-corrected chi connectivity index (χ4v) is 0.676. The van der Waals surface area contributed by atoms with Gasteiger partial charge in [-0.15, -0.1) is 5.10 Å². The third-order valence-corrected chi connectivity index (χ3v) is 1.35. The van der Waals surface area contributed by atoms with Gasteiger partial charge in [0, 0.05) is 5.41 Å². The summed E-state index contributed by atoms with van der Waals surface area (Å²) in [5.74, 6) is 0.795. The van der Waals surface area contributed by atoms with E-state index in [9.17, 15) is 0 Å². The molecule has 3 nitrogen and oxygen atoms in total. The first kappa shape index (κ1) is 8.11. The van der Waals surface area contributed by atoms with Gasteiger partial charge >= 0.3 is 0 Å². The Morgan fingerprint density at radius 3 is 2.18 bits per heavy atom. The van der Waals surface area contributed by atoms with Crippen molar-refractivity contribution in [1.29, 1.82) is 0 Å². The zero-order valence-electron chi connectivity index (χ0n) is 7.42. The molecule has 0 bridgehead atoms. The average Bonchev–Trinajstić information content (AvgIpc) is 1.86. The Balaban J connectivity index is 2.99. The molecule has 0 radical (unpaired) electrons. The van der Waals surface area contributed by atoms with Crippen LogP contribution in [0.25, 0.3) is 0 Å². The van der Waals surface area contributed by atoms with Crippen LogP contribution in [0.1, 0.15) is 32.3 Å². The second-order valence-electron chi connectivity index (χ2n) is 3.67. The molecular formula is C8H13N3. The van der Waals surface area contributed by atoms with Gasteiger partial charge in [-0.3, -0.25) is 0 Å². The molecule has 0 saturated heterocycles. The van der Waals surface area contributed by atoms with Crippen molar-refractivity contribution in [3.05, 3.63) is 17.7 Å². The van der Waals surface area contributed by atoms with Gasteiger partial charge in [-0.25, -0.2) is 4.98 Å². The molecule has 0 aromatic carbocycles. The Labute approximate surface area is 66.9 Å². The molecule has 0 aliphatic rings. The molecule has 1 rings (SSSR count). The largest absolute Gasteiger partial charge is 0.237 e. The lowest BCUT2D eigenvalue weighted by atomic mass is 9.96. The van der Waals surface area contributed by atoms with Gasteiger partial charge < -0.3 is 0 Å². The summed E-state index contributed by atoms with van der Waals surface area (Å²) >= 11 is 0. The van der Waals surface area contributed by atoms with Gasteiger partial charge in [-0.2, -0.15) is 5.10 Å². The molecule has 1 heterocycles. The molecule has 11 heavy (non-hydrogen) atoms. The Bertz CT molecular complexity index is 233. The van der Waals surface area contributed by atoms with Gasteiger partial charge in [0.2, 0.25) is 0 Å². The van der Waals surface area contributed by atoms with E-state index in [0.717, 1.165) is 11.5 Å². The molecule has 0 saturated carbocycles. The zero-order chi connectivity index (χ0) is 8.48. The second-order valence-corrected chi connectivity index (χ2v) is 3.67. The van der Waals surface area contributed by atoms with Crippen LogP contribution >= 0.6 is 0 Å². The highest BCUT2D eigenvalue weighted by Crippen LogP contribution is 2.15. The SMILES string of the molecule is Cc1cnc(C(C)(C)C)nn1. The van der Waals surface area contributed by atoms with E-state index in [1.807, 2.05) is 6.92 Å². The minimum Gasteiger partial charge on any atom is -0.237 e. The highest BCUT2D eigenvalue weighted by atomic mass is 15.2. The number of hydrogen-bond donors (Lipinski definition) is 0. The Morgan fingerprint density at radius 2 is 1.82 bits per heavy atom. The highest BCUT2D eigenvalue weighted by Gasteiger charge is 2.16. The van der Waals surface area contributed by atoms with Crippen LogP contribution in [0.2, 0.25) is 0 Å². The predicted molar refractivity (Wildman–Crippen MR) is 43.3 cm³/mol. The topological polar surface area (TPSA) is 38.7 Å². The van der Waals surface area contributed by atoms with Gasteiger partial charge in [0.05, 0.1) is 11.9 Å². The summed E-state index contributed by atoms with van der Waals surface area (Å²) in [5, 5.41) is 7.92. The minimum absolute atomic E-state index is 0.000694. The summed E-state index contributed by atoms with van der Waals surface area (Å²) in [6, 6.07) is 0. The normalized spacial score (nSPS) is 11.6. The van der Waals surface area contributed by atoms with Crippen molar-refractivity contribution in [3.63, 3.8) is 0 Å². The number of aromatic nitrogens is 3. The van der Waals surface area contributed by atoms with E-state index in [4.69, 9.17) is 0 Å². The maximum Gasteiger partial charge on any atom is 0.156 e. The molecule has 0 spiro atoms. The van der Waals surface area contributed by atoms with Crippen molar-refractivity contribution in [1.82, 2.24) is 15.2 Å². The van der Waals surface area contributed by atoms with Crippen LogP contribution in [0.5, 0.6) is 0 Å². The molecule has 0 aliphatic heterocycles. The van der Waals surface area contributed by atoms with Gasteiger partial charge in [0.15, 0.2) is 5.82 Å². The lowest BCUT2D eigenvalue weighted by Gasteiger charge is -2.14. The van der Waals surface area contributed by atoms with E-state index in [0.29, 0.717) is 0 Å². The summed E-state index contributed by atoms with van der Waals surface area (Å²) in [4.78, 5) is 4.18. The van der Waals surface area contributed by atoms with E-state index in [1.165, 1.54) is 0 Å². The summed E-state index contributed by atoms with van der Waals surface area (Å²) in [6.45, 7) is 8.09. The van der Waals surface area contributed by atoms with Crippen LogP contribution in [0, 0.1) is 6.92 Å². The van der Waals surface area contributed by atoms with Crippen LogP contribution < -0.4 is 0 Å². The van der Waals surface area contributed by atoms with Crippen molar-refractivity contribution in [2.24, 2.45) is 0 Å². The zero-order valence-corrected chi connectivity index (χ0v) is 7.42. The highest BCUT2D eigenvalue weighted by molar-refractivity contribution is 5.00. The van der Waals surface area contributed by atoms with Gasteiger partial charge in [0.25, 0.3) is 0 Å². The standard InChI is InChI=1S/C8H13N3/c1-6-5-9-7(11-10-6)8(2,3)4/h5H,1-4H3. The Kier molecular flexibility index (Phi) is 1.89. The molecule has 0 fully saturated rings. The molecule has 0 atom stereocenters. The average molecular weight is 151 g/mol. The fourth-order valence-electron chi connectivity index (χ4n) is 0.676. The maximum absolute atomic E-state index is 4.18. The van der Waals surface area contributed by atoms with E-state index in [1.54, 1.807) is 6.20 Å². The number of rotatable bonds is 0. The first-order valence-corrected chi connectivity index (χ1v) is 3.67. The molecule has 1 aromatic rings.